The number of pyridine rings is 1. The highest BCUT2D eigenvalue weighted by molar-refractivity contribution is 6.30. The molecule has 0 spiro atoms. The fraction of sp³-hybridized carbons (Fsp3) is 0.273. The number of aromatic nitrogens is 3. The highest BCUT2D eigenvalue weighted by Gasteiger charge is 2.22. The van der Waals surface area contributed by atoms with E-state index in [4.69, 9.17) is 11.6 Å². The van der Waals surface area contributed by atoms with Gasteiger partial charge >= 0.3 is 0 Å². The lowest BCUT2D eigenvalue weighted by Gasteiger charge is -2.11. The number of halogens is 3. The highest BCUT2D eigenvalue weighted by atomic mass is 35.5. The Kier molecular flexibility index (Phi) is 7.19. The molecule has 32 heavy (non-hydrogen) atoms. The SMILES string of the molecule is Cc1[nH]c(NC(=O)c2cc(CNC(=O)C(C)C)cnc2C(F)F)nc1-c1ccc(Cl)cc1. The Bertz CT molecular complexity index is 1130. The number of amides is 2. The predicted molar refractivity (Wildman–Crippen MR) is 118 cm³/mol. The molecule has 3 N–H and O–H groups in total. The standard InChI is InChI=1S/C22H22ClF2N5O2/c1-11(2)20(31)27-10-13-8-16(18(19(24)25)26-9-13)21(32)30-22-28-12(3)17(29-22)14-4-6-15(23)7-5-14/h4-9,11,19H,10H2,1-3H3,(H,27,31)(H2,28,29,30,32). The number of H-pyrrole nitrogens is 1. The van der Waals surface area contributed by atoms with Crippen molar-refractivity contribution in [1.82, 2.24) is 20.3 Å². The van der Waals surface area contributed by atoms with Gasteiger partial charge in [-0.3, -0.25) is 19.9 Å². The number of aromatic amines is 1. The molecule has 3 rings (SSSR count). The molecule has 0 unspecified atom stereocenters. The summed E-state index contributed by atoms with van der Waals surface area (Å²) in [5.41, 5.74) is 1.53. The number of nitrogens with one attached hydrogen (secondary N) is 3. The average Bonchev–Trinajstić information content (AvgIpc) is 3.11. The molecule has 0 aliphatic rings. The number of hydrogen-bond acceptors (Lipinski definition) is 4. The van der Waals surface area contributed by atoms with Crippen LogP contribution in [0, 0.1) is 12.8 Å². The zero-order valence-electron chi connectivity index (χ0n) is 17.7. The van der Waals surface area contributed by atoms with Gasteiger partial charge < -0.3 is 10.3 Å². The molecule has 1 aromatic carbocycles. The third-order valence-corrected chi connectivity index (χ3v) is 4.90. The molecule has 2 amide bonds. The van der Waals surface area contributed by atoms with Crippen molar-refractivity contribution in [2.75, 3.05) is 5.32 Å². The number of benzene rings is 1. The summed E-state index contributed by atoms with van der Waals surface area (Å²) < 4.78 is 26.9. The van der Waals surface area contributed by atoms with E-state index in [9.17, 15) is 18.4 Å². The van der Waals surface area contributed by atoms with Gasteiger partial charge in [-0.1, -0.05) is 37.6 Å². The fourth-order valence-electron chi connectivity index (χ4n) is 2.95. The van der Waals surface area contributed by atoms with Crippen molar-refractivity contribution < 1.29 is 18.4 Å². The minimum atomic E-state index is -2.95. The van der Waals surface area contributed by atoms with Gasteiger partial charge in [-0.15, -0.1) is 0 Å². The summed E-state index contributed by atoms with van der Waals surface area (Å²) >= 11 is 5.91. The number of carbonyl (C=O) groups excluding carboxylic acids is 2. The number of aryl methyl sites for hydroxylation is 1. The molecule has 3 aromatic rings. The number of hydrogen-bond donors (Lipinski definition) is 3. The first-order chi connectivity index (χ1) is 15.2. The van der Waals surface area contributed by atoms with E-state index in [1.54, 1.807) is 45.0 Å². The molecule has 0 bridgehead atoms. The quantitative estimate of drug-likeness (QED) is 0.466. The summed E-state index contributed by atoms with van der Waals surface area (Å²) in [4.78, 5) is 35.6. The van der Waals surface area contributed by atoms with Crippen LogP contribution in [0.25, 0.3) is 11.3 Å². The number of carbonyl (C=O) groups is 2. The van der Waals surface area contributed by atoms with E-state index in [2.05, 4.69) is 25.6 Å². The number of rotatable bonds is 7. The van der Waals surface area contributed by atoms with Crippen molar-refractivity contribution in [2.45, 2.75) is 33.7 Å². The van der Waals surface area contributed by atoms with Crippen LogP contribution >= 0.6 is 11.6 Å². The Morgan fingerprint density at radius 3 is 2.50 bits per heavy atom. The Labute approximate surface area is 188 Å². The first kappa shape index (κ1) is 23.3. The van der Waals surface area contributed by atoms with Crippen LogP contribution in [-0.2, 0) is 11.3 Å². The van der Waals surface area contributed by atoms with E-state index in [1.165, 1.54) is 12.3 Å². The molecular formula is C22H22ClF2N5O2. The minimum Gasteiger partial charge on any atom is -0.352 e. The lowest BCUT2D eigenvalue weighted by molar-refractivity contribution is -0.124. The van der Waals surface area contributed by atoms with E-state index in [0.717, 1.165) is 5.56 Å². The van der Waals surface area contributed by atoms with Crippen LogP contribution in [0.3, 0.4) is 0 Å². The Balaban J connectivity index is 1.83. The summed E-state index contributed by atoms with van der Waals surface area (Å²) in [6, 6.07) is 8.29. The average molecular weight is 462 g/mol. The first-order valence-corrected chi connectivity index (χ1v) is 10.2. The summed E-state index contributed by atoms with van der Waals surface area (Å²) in [5, 5.41) is 5.76. The van der Waals surface area contributed by atoms with Crippen molar-refractivity contribution in [2.24, 2.45) is 5.92 Å². The maximum Gasteiger partial charge on any atom is 0.281 e. The van der Waals surface area contributed by atoms with E-state index >= 15 is 0 Å². The largest absolute Gasteiger partial charge is 0.352 e. The molecule has 7 nitrogen and oxygen atoms in total. The molecule has 0 saturated carbocycles. The highest BCUT2D eigenvalue weighted by Crippen LogP contribution is 2.26. The molecule has 10 heteroatoms. The van der Waals surface area contributed by atoms with Crippen LogP contribution in [0.2, 0.25) is 5.02 Å². The van der Waals surface area contributed by atoms with E-state index in [0.29, 0.717) is 22.0 Å². The minimum absolute atomic E-state index is 0.0639. The van der Waals surface area contributed by atoms with Gasteiger partial charge in [0, 0.05) is 34.9 Å². The van der Waals surface area contributed by atoms with E-state index < -0.39 is 18.0 Å². The number of alkyl halides is 2. The smallest absolute Gasteiger partial charge is 0.281 e. The van der Waals surface area contributed by atoms with Gasteiger partial charge in [0.05, 0.1) is 11.3 Å². The second-order valence-corrected chi connectivity index (χ2v) is 7.91. The van der Waals surface area contributed by atoms with Crippen molar-refractivity contribution in [3.05, 3.63) is 64.1 Å². The molecule has 0 saturated heterocycles. The molecule has 0 aliphatic heterocycles. The topological polar surface area (TPSA) is 99.8 Å². The number of nitrogens with zero attached hydrogens (tertiary/aromatic N) is 2. The Hall–Kier alpha value is -3.33. The van der Waals surface area contributed by atoms with Gasteiger partial charge in [-0.05, 0) is 30.7 Å². The van der Waals surface area contributed by atoms with Gasteiger partial charge in [-0.25, -0.2) is 13.8 Å². The van der Waals surface area contributed by atoms with Gasteiger partial charge in [0.15, 0.2) is 0 Å². The molecule has 2 aromatic heterocycles. The second kappa shape index (κ2) is 9.86. The lowest BCUT2D eigenvalue weighted by atomic mass is 10.1. The van der Waals surface area contributed by atoms with Crippen LogP contribution in [-0.4, -0.2) is 26.8 Å². The van der Waals surface area contributed by atoms with Crippen LogP contribution in [0.1, 0.15) is 47.6 Å². The fourth-order valence-corrected chi connectivity index (χ4v) is 3.07. The summed E-state index contributed by atoms with van der Waals surface area (Å²) in [7, 11) is 0. The zero-order valence-corrected chi connectivity index (χ0v) is 18.4. The first-order valence-electron chi connectivity index (χ1n) is 9.84. The van der Waals surface area contributed by atoms with Gasteiger partial charge in [-0.2, -0.15) is 0 Å². The molecular weight excluding hydrogens is 440 g/mol. The number of imidazole rings is 1. The summed E-state index contributed by atoms with van der Waals surface area (Å²) in [5.74, 6) is -1.12. The van der Waals surface area contributed by atoms with Crippen molar-refractivity contribution in [3.8, 4) is 11.3 Å². The maximum atomic E-state index is 13.5. The molecule has 168 valence electrons. The monoisotopic (exact) mass is 461 g/mol. The second-order valence-electron chi connectivity index (χ2n) is 7.47. The van der Waals surface area contributed by atoms with Crippen molar-refractivity contribution in [3.63, 3.8) is 0 Å². The third kappa shape index (κ3) is 5.47. The third-order valence-electron chi connectivity index (χ3n) is 4.65. The summed E-state index contributed by atoms with van der Waals surface area (Å²) in [6.45, 7) is 5.30. The van der Waals surface area contributed by atoms with Crippen molar-refractivity contribution in [1.29, 1.82) is 0 Å². The van der Waals surface area contributed by atoms with Gasteiger partial charge in [0.25, 0.3) is 12.3 Å². The molecule has 0 atom stereocenters. The number of anilines is 1. The van der Waals surface area contributed by atoms with Crippen LogP contribution in [0.4, 0.5) is 14.7 Å². The Morgan fingerprint density at radius 1 is 1.19 bits per heavy atom. The normalized spacial score (nSPS) is 11.1. The molecule has 0 fully saturated rings. The maximum absolute atomic E-state index is 13.5. The Morgan fingerprint density at radius 2 is 1.88 bits per heavy atom. The van der Waals surface area contributed by atoms with Crippen molar-refractivity contribution >= 4 is 29.4 Å². The molecule has 2 heterocycles. The van der Waals surface area contributed by atoms with E-state index in [1.807, 2.05) is 0 Å². The van der Waals surface area contributed by atoms with E-state index in [-0.39, 0.29) is 29.9 Å². The predicted octanol–water partition coefficient (Wildman–Crippen LogP) is 4.90. The lowest BCUT2D eigenvalue weighted by Crippen LogP contribution is -2.27. The van der Waals surface area contributed by atoms with Gasteiger partial charge in [0.2, 0.25) is 11.9 Å². The molecule has 0 aliphatic carbocycles. The van der Waals surface area contributed by atoms with Crippen LogP contribution in [0.15, 0.2) is 36.5 Å². The van der Waals surface area contributed by atoms with Crippen LogP contribution < -0.4 is 10.6 Å². The zero-order chi connectivity index (χ0) is 23.4. The molecule has 0 radical (unpaired) electrons. The summed E-state index contributed by atoms with van der Waals surface area (Å²) in [6.07, 6.45) is -1.73. The van der Waals surface area contributed by atoms with Gasteiger partial charge in [0.1, 0.15) is 5.69 Å². The van der Waals surface area contributed by atoms with Crippen LogP contribution in [0.5, 0.6) is 0 Å².